The Hall–Kier alpha value is -4.25. The van der Waals surface area contributed by atoms with Crippen molar-refractivity contribution in [1.82, 2.24) is 25.1 Å². The number of rotatable bonds is 12. The highest BCUT2D eigenvalue weighted by molar-refractivity contribution is 5.85. The molecule has 49 heavy (non-hydrogen) atoms. The highest BCUT2D eigenvalue weighted by Crippen LogP contribution is 2.34. The lowest BCUT2D eigenvalue weighted by Crippen LogP contribution is -2.49. The van der Waals surface area contributed by atoms with Gasteiger partial charge in [0.2, 0.25) is 17.6 Å². The number of carbonyl (C=O) groups excluding carboxylic acids is 3. The molecule has 1 atom stereocenters. The van der Waals surface area contributed by atoms with Crippen LogP contribution in [0.15, 0.2) is 30.3 Å². The molecular formula is C35H45F3N8O3. The lowest BCUT2D eigenvalue weighted by atomic mass is 9.91. The second-order valence-corrected chi connectivity index (χ2v) is 13.3. The molecule has 0 spiro atoms. The summed E-state index contributed by atoms with van der Waals surface area (Å²) in [4.78, 5) is 52.6. The average Bonchev–Trinajstić information content (AvgIpc) is 3.59. The fourth-order valence-electron chi connectivity index (χ4n) is 6.99. The fraction of sp³-hybridized carbons (Fsp3) is 0.600. The Morgan fingerprint density at radius 1 is 0.959 bits per heavy atom. The average molecular weight is 683 g/mol. The van der Waals surface area contributed by atoms with E-state index in [9.17, 15) is 27.6 Å². The number of Topliss-reactive ketones (excluding diaryl/α,β-unsaturated/α-hetero) is 1. The number of nitrogens with zero attached hydrogens (tertiary/aromatic N) is 7. The molecule has 11 nitrogen and oxygen atoms in total. The lowest BCUT2D eigenvalue weighted by Gasteiger charge is -2.35. The van der Waals surface area contributed by atoms with Crippen LogP contribution in [0.25, 0.3) is 0 Å². The van der Waals surface area contributed by atoms with Gasteiger partial charge in [-0.05, 0) is 75.5 Å². The largest absolute Gasteiger partial charge is 0.451 e. The normalized spacial score (nSPS) is 19.2. The van der Waals surface area contributed by atoms with Crippen molar-refractivity contribution in [3.05, 3.63) is 47.3 Å². The predicted molar refractivity (Wildman–Crippen MR) is 178 cm³/mol. The Labute approximate surface area is 285 Å². The number of aromatic nitrogens is 2. The Kier molecular flexibility index (Phi) is 12.1. The first kappa shape index (κ1) is 36.0. The number of piperazine rings is 1. The van der Waals surface area contributed by atoms with Crippen molar-refractivity contribution in [3.8, 4) is 6.07 Å². The van der Waals surface area contributed by atoms with Crippen molar-refractivity contribution in [3.63, 3.8) is 0 Å². The van der Waals surface area contributed by atoms with Crippen LogP contribution in [0.2, 0.25) is 0 Å². The van der Waals surface area contributed by atoms with Crippen molar-refractivity contribution < 1.29 is 27.6 Å². The summed E-state index contributed by atoms with van der Waals surface area (Å²) in [5, 5.41) is 11.9. The summed E-state index contributed by atoms with van der Waals surface area (Å²) in [5.74, 6) is -0.528. The zero-order chi connectivity index (χ0) is 35.0. The van der Waals surface area contributed by atoms with Gasteiger partial charge in [0.15, 0.2) is 0 Å². The van der Waals surface area contributed by atoms with E-state index < -0.39 is 18.0 Å². The van der Waals surface area contributed by atoms with Crippen LogP contribution in [0.3, 0.4) is 0 Å². The van der Waals surface area contributed by atoms with E-state index in [1.807, 2.05) is 21.9 Å². The fourth-order valence-corrected chi connectivity index (χ4v) is 6.99. The first-order valence-corrected chi connectivity index (χ1v) is 17.2. The molecule has 2 amide bonds. The molecule has 3 aliphatic rings. The number of amides is 2. The number of halogens is 3. The minimum atomic E-state index is -4.74. The number of nitrogens with one attached hydrogen (secondary N) is 1. The van der Waals surface area contributed by atoms with Gasteiger partial charge in [0.05, 0.1) is 18.2 Å². The van der Waals surface area contributed by atoms with Crippen LogP contribution in [0.4, 0.5) is 24.8 Å². The highest BCUT2D eigenvalue weighted by Gasteiger charge is 2.39. The predicted octanol–water partition coefficient (Wildman–Crippen LogP) is 3.81. The Morgan fingerprint density at radius 2 is 1.65 bits per heavy atom. The third kappa shape index (κ3) is 9.90. The summed E-state index contributed by atoms with van der Waals surface area (Å²) in [6.07, 6.45) is 0.657. The number of benzene rings is 1. The standard InChI is InChI=1S/C35H45F3N8O3/c1-25(47)24-43-18-20-45(21-19-43)32(48)6-2-4-26-12-16-44(17-13-26)30-22-31(42-34(41-30)35(36,37)38)46-15-3-5-29(46)33(49)40-14-11-27-7-9-28(23-39)10-8-27/h7-10,22,26,29H,2-6,11-21,24H2,1H3,(H,40,49)/t29-/m0/s1. The molecule has 1 N–H and O–H groups in total. The van der Waals surface area contributed by atoms with Gasteiger partial charge in [0, 0.05) is 64.8 Å². The van der Waals surface area contributed by atoms with Crippen LogP contribution in [-0.2, 0) is 27.0 Å². The van der Waals surface area contributed by atoms with Crippen molar-refractivity contribution in [1.29, 1.82) is 5.26 Å². The van der Waals surface area contributed by atoms with Gasteiger partial charge < -0.3 is 20.0 Å². The summed E-state index contributed by atoms with van der Waals surface area (Å²) in [6.45, 7) is 6.54. The van der Waals surface area contributed by atoms with Gasteiger partial charge in [-0.25, -0.2) is 9.97 Å². The monoisotopic (exact) mass is 682 g/mol. The van der Waals surface area contributed by atoms with Gasteiger partial charge in [-0.2, -0.15) is 18.4 Å². The van der Waals surface area contributed by atoms with E-state index >= 15 is 0 Å². The van der Waals surface area contributed by atoms with Gasteiger partial charge in [-0.3, -0.25) is 19.3 Å². The van der Waals surface area contributed by atoms with Gasteiger partial charge in [-0.1, -0.05) is 12.1 Å². The topological polar surface area (TPSA) is 126 Å². The van der Waals surface area contributed by atoms with Gasteiger partial charge in [0.1, 0.15) is 23.5 Å². The van der Waals surface area contributed by atoms with Crippen LogP contribution >= 0.6 is 0 Å². The van der Waals surface area contributed by atoms with Gasteiger partial charge in [-0.15, -0.1) is 0 Å². The van der Waals surface area contributed by atoms with Crippen LogP contribution in [-0.4, -0.2) is 102 Å². The highest BCUT2D eigenvalue weighted by atomic mass is 19.4. The van der Waals surface area contributed by atoms with Crippen LogP contribution in [0, 0.1) is 17.2 Å². The molecule has 2 aromatic rings. The first-order valence-electron chi connectivity index (χ1n) is 17.2. The lowest BCUT2D eigenvalue weighted by molar-refractivity contribution is -0.144. The molecule has 0 unspecified atom stereocenters. The third-order valence-electron chi connectivity index (χ3n) is 9.71. The SMILES string of the molecule is CC(=O)CN1CCN(C(=O)CCCC2CCN(c3cc(N4CCC[C@H]4C(=O)NCCc4ccc(C#N)cc4)nc(C(F)(F)F)n3)CC2)CC1. The minimum absolute atomic E-state index is 0.102. The molecular weight excluding hydrogens is 637 g/mol. The molecule has 3 fully saturated rings. The zero-order valence-corrected chi connectivity index (χ0v) is 28.1. The summed E-state index contributed by atoms with van der Waals surface area (Å²) in [5.41, 5.74) is 1.52. The molecule has 0 radical (unpaired) electrons. The Morgan fingerprint density at radius 3 is 2.31 bits per heavy atom. The van der Waals surface area contributed by atoms with E-state index in [4.69, 9.17) is 5.26 Å². The molecule has 0 bridgehead atoms. The summed E-state index contributed by atoms with van der Waals surface area (Å²) in [6, 6.07) is 10.1. The molecule has 5 rings (SSSR count). The summed E-state index contributed by atoms with van der Waals surface area (Å²) >= 11 is 0. The smallest absolute Gasteiger partial charge is 0.356 e. The van der Waals surface area contributed by atoms with Gasteiger partial charge in [0.25, 0.3) is 0 Å². The van der Waals surface area contributed by atoms with Crippen molar-refractivity contribution >= 4 is 29.2 Å². The third-order valence-corrected chi connectivity index (χ3v) is 9.71. The second-order valence-electron chi connectivity index (χ2n) is 13.3. The number of hydrogen-bond donors (Lipinski definition) is 1. The molecule has 4 heterocycles. The van der Waals surface area contributed by atoms with E-state index in [1.165, 1.54) is 0 Å². The van der Waals surface area contributed by atoms with Crippen LogP contribution < -0.4 is 15.1 Å². The van der Waals surface area contributed by atoms with Crippen LogP contribution in [0.1, 0.15) is 68.8 Å². The number of nitriles is 1. The zero-order valence-electron chi connectivity index (χ0n) is 28.1. The van der Waals surface area contributed by atoms with Crippen molar-refractivity contribution in [2.45, 2.75) is 70.5 Å². The number of piperidine rings is 1. The number of alkyl halides is 3. The molecule has 0 saturated carbocycles. The number of anilines is 2. The van der Waals surface area contributed by atoms with E-state index in [0.29, 0.717) is 96.1 Å². The van der Waals surface area contributed by atoms with Crippen LogP contribution in [0.5, 0.6) is 0 Å². The summed E-state index contributed by atoms with van der Waals surface area (Å²) in [7, 11) is 0. The van der Waals surface area contributed by atoms with Crippen molar-refractivity contribution in [2.75, 3.05) is 68.7 Å². The Balaban J connectivity index is 1.13. The molecule has 1 aromatic heterocycles. The molecule has 0 aliphatic carbocycles. The Bertz CT molecular complexity index is 1500. The maximum Gasteiger partial charge on any atom is 0.451 e. The number of carbonyl (C=O) groups is 3. The van der Waals surface area contributed by atoms with Gasteiger partial charge >= 0.3 is 6.18 Å². The van der Waals surface area contributed by atoms with E-state index in [-0.39, 0.29) is 29.2 Å². The molecule has 3 saturated heterocycles. The van der Waals surface area contributed by atoms with Crippen molar-refractivity contribution in [2.24, 2.45) is 5.92 Å². The van der Waals surface area contributed by atoms with E-state index in [1.54, 1.807) is 30.0 Å². The molecule has 264 valence electrons. The minimum Gasteiger partial charge on any atom is -0.356 e. The molecule has 3 aliphatic heterocycles. The quantitative estimate of drug-likeness (QED) is 0.356. The first-order chi connectivity index (χ1) is 23.5. The van der Waals surface area contributed by atoms with E-state index in [2.05, 4.69) is 26.3 Å². The molecule has 1 aromatic carbocycles. The summed E-state index contributed by atoms with van der Waals surface area (Å²) < 4.78 is 42.0. The van der Waals surface area contributed by atoms with E-state index in [0.717, 1.165) is 31.2 Å². The maximum absolute atomic E-state index is 14.0. The number of ketones is 1. The number of hydrogen-bond acceptors (Lipinski definition) is 9. The second kappa shape index (κ2) is 16.4. The molecule has 14 heteroatoms. The maximum atomic E-state index is 14.0.